The minimum atomic E-state index is -0.477. The summed E-state index contributed by atoms with van der Waals surface area (Å²) < 4.78 is 7.55. The number of para-hydroxylation sites is 1. The lowest BCUT2D eigenvalue weighted by atomic mass is 10.1. The smallest absolute Gasteiger partial charge is 0.269 e. The minimum Gasteiger partial charge on any atom is -0.487 e. The Morgan fingerprint density at radius 3 is 2.36 bits per heavy atom. The molecule has 3 rings (SSSR count). The number of nitro benzene ring substituents is 1. The molecule has 0 atom stereocenters. The van der Waals surface area contributed by atoms with Crippen LogP contribution in [0.15, 0.2) is 66.2 Å². The molecule has 3 aromatic carbocycles. The van der Waals surface area contributed by atoms with E-state index in [2.05, 4.69) is 50.5 Å². The van der Waals surface area contributed by atoms with Gasteiger partial charge >= 0.3 is 0 Å². The molecule has 0 saturated heterocycles. The Labute approximate surface area is 217 Å². The quantitative estimate of drug-likeness (QED) is 0.106. The number of hydrogen-bond acceptors (Lipinski definition) is 5. The normalized spacial score (nSPS) is 10.9. The number of carbonyl (C=O) groups is 1. The molecule has 0 aliphatic rings. The van der Waals surface area contributed by atoms with Crippen LogP contribution in [0.2, 0.25) is 0 Å². The number of anilines is 1. The zero-order valence-corrected chi connectivity index (χ0v) is 21.7. The van der Waals surface area contributed by atoms with Gasteiger partial charge < -0.3 is 10.1 Å². The maximum Gasteiger partial charge on any atom is 0.269 e. The Kier molecular flexibility index (Phi) is 8.40. The summed E-state index contributed by atoms with van der Waals surface area (Å²) in [5, 5.41) is 23.1. The zero-order chi connectivity index (χ0) is 24.0. The predicted molar refractivity (Wildman–Crippen MR) is 143 cm³/mol. The van der Waals surface area contributed by atoms with Crippen molar-refractivity contribution < 1.29 is 14.5 Å². The van der Waals surface area contributed by atoms with Crippen molar-refractivity contribution in [3.05, 3.63) is 100 Å². The molecule has 0 fully saturated rings. The molecule has 0 radical (unpaired) electrons. The average Bonchev–Trinajstić information content (AvgIpc) is 2.78. The van der Waals surface area contributed by atoms with Crippen LogP contribution < -0.4 is 10.1 Å². The van der Waals surface area contributed by atoms with Crippen LogP contribution in [-0.2, 0) is 11.4 Å². The molecule has 33 heavy (non-hydrogen) atoms. The second kappa shape index (κ2) is 11.2. The van der Waals surface area contributed by atoms with E-state index in [0.717, 1.165) is 18.3 Å². The summed E-state index contributed by atoms with van der Waals surface area (Å²) in [6.07, 6.45) is 1.54. The number of hydrogen-bond donors (Lipinski definition) is 1. The molecule has 0 spiro atoms. The number of amides is 1. The van der Waals surface area contributed by atoms with E-state index in [9.17, 15) is 20.2 Å². The van der Waals surface area contributed by atoms with Gasteiger partial charge in [-0.25, -0.2) is 0 Å². The van der Waals surface area contributed by atoms with E-state index in [0.29, 0.717) is 17.0 Å². The Morgan fingerprint density at radius 1 is 1.15 bits per heavy atom. The van der Waals surface area contributed by atoms with Crippen LogP contribution in [0.5, 0.6) is 5.75 Å². The van der Waals surface area contributed by atoms with Crippen LogP contribution in [0, 0.1) is 35.5 Å². The van der Waals surface area contributed by atoms with E-state index in [1.54, 1.807) is 18.2 Å². The van der Waals surface area contributed by atoms with Crippen molar-refractivity contribution in [1.82, 2.24) is 0 Å². The minimum absolute atomic E-state index is 0.00981. The first kappa shape index (κ1) is 24.7. The number of nitrogens with one attached hydrogen (secondary N) is 1. The molecule has 0 aromatic heterocycles. The van der Waals surface area contributed by atoms with Crippen molar-refractivity contribution in [2.45, 2.75) is 13.5 Å². The number of aryl methyl sites for hydroxylation is 1. The first-order valence-electron chi connectivity index (χ1n) is 9.62. The fraction of sp³-hybridized carbons (Fsp3) is 0.0833. The van der Waals surface area contributed by atoms with Crippen molar-refractivity contribution in [1.29, 1.82) is 5.26 Å². The first-order valence-corrected chi connectivity index (χ1v) is 11.8. The molecule has 1 amide bonds. The highest BCUT2D eigenvalue weighted by atomic mass is 127. The van der Waals surface area contributed by atoms with E-state index in [4.69, 9.17) is 4.74 Å². The number of benzene rings is 3. The fourth-order valence-electron chi connectivity index (χ4n) is 2.89. The number of nitro groups is 1. The molecule has 9 heteroatoms. The number of non-ortho nitro benzene ring substituents is 1. The lowest BCUT2D eigenvalue weighted by Gasteiger charge is -2.12. The first-order chi connectivity index (χ1) is 15.8. The summed E-state index contributed by atoms with van der Waals surface area (Å²) in [4.78, 5) is 22.9. The molecular weight excluding hydrogens is 648 g/mol. The topological polar surface area (TPSA) is 105 Å². The van der Waals surface area contributed by atoms with Crippen molar-refractivity contribution >= 4 is 68.5 Å². The van der Waals surface area contributed by atoms with Crippen LogP contribution in [0.4, 0.5) is 11.4 Å². The van der Waals surface area contributed by atoms with E-state index in [1.807, 2.05) is 43.3 Å². The van der Waals surface area contributed by atoms with Gasteiger partial charge in [-0.05, 0) is 105 Å². The third-order valence-corrected chi connectivity index (χ3v) is 6.22. The lowest BCUT2D eigenvalue weighted by Crippen LogP contribution is -2.14. The number of nitriles is 1. The highest BCUT2D eigenvalue weighted by molar-refractivity contribution is 14.1. The van der Waals surface area contributed by atoms with Crippen LogP contribution in [-0.4, -0.2) is 10.8 Å². The maximum atomic E-state index is 12.6. The fourth-order valence-corrected chi connectivity index (χ4v) is 5.02. The lowest BCUT2D eigenvalue weighted by molar-refractivity contribution is -0.384. The third kappa shape index (κ3) is 6.52. The largest absolute Gasteiger partial charge is 0.487 e. The zero-order valence-electron chi connectivity index (χ0n) is 17.3. The molecule has 3 aromatic rings. The number of halogens is 2. The van der Waals surface area contributed by atoms with Gasteiger partial charge in [0.1, 0.15) is 24.0 Å². The SMILES string of the molecule is Cc1ccccc1NC(=O)/C(C#N)=C\c1cc(I)c(OCc2ccc([N+](=O)[O-])cc2)c(I)c1. The second-order valence-electron chi connectivity index (χ2n) is 6.96. The van der Waals surface area contributed by atoms with Crippen LogP contribution >= 0.6 is 45.2 Å². The number of ether oxygens (including phenoxy) is 1. The number of nitrogens with zero attached hydrogens (tertiary/aromatic N) is 2. The maximum absolute atomic E-state index is 12.6. The van der Waals surface area contributed by atoms with Gasteiger partial charge in [-0.15, -0.1) is 0 Å². The van der Waals surface area contributed by atoms with Crippen molar-refractivity contribution in [2.75, 3.05) is 5.32 Å². The van der Waals surface area contributed by atoms with Gasteiger partial charge in [-0.2, -0.15) is 5.26 Å². The van der Waals surface area contributed by atoms with Gasteiger partial charge in [0, 0.05) is 17.8 Å². The molecule has 0 bridgehead atoms. The monoisotopic (exact) mass is 665 g/mol. The van der Waals surface area contributed by atoms with E-state index < -0.39 is 10.8 Å². The van der Waals surface area contributed by atoms with Gasteiger partial charge in [-0.3, -0.25) is 14.9 Å². The third-order valence-electron chi connectivity index (χ3n) is 4.62. The molecule has 0 saturated carbocycles. The Balaban J connectivity index is 1.75. The highest BCUT2D eigenvalue weighted by Crippen LogP contribution is 2.31. The standard InChI is InChI=1S/C24H17I2N3O4/c1-15-4-2-3-5-22(15)28-24(30)18(13-27)10-17-11-20(25)23(21(26)12-17)33-14-16-6-8-19(9-7-16)29(31)32/h2-12H,14H2,1H3,(H,28,30)/b18-10-. The summed E-state index contributed by atoms with van der Waals surface area (Å²) in [5.74, 6) is 0.185. The molecule has 166 valence electrons. The van der Waals surface area contributed by atoms with Gasteiger partial charge in [0.15, 0.2) is 0 Å². The Morgan fingerprint density at radius 2 is 1.79 bits per heavy atom. The Bertz CT molecular complexity index is 1260. The van der Waals surface area contributed by atoms with E-state index >= 15 is 0 Å². The number of carbonyl (C=O) groups excluding carboxylic acids is 1. The predicted octanol–water partition coefficient (Wildman–Crippen LogP) is 6.24. The van der Waals surface area contributed by atoms with Gasteiger partial charge in [-0.1, -0.05) is 18.2 Å². The summed E-state index contributed by atoms with van der Waals surface area (Å²) in [5.41, 5.74) is 3.08. The Hall–Kier alpha value is -2.98. The van der Waals surface area contributed by atoms with Gasteiger partial charge in [0.2, 0.25) is 0 Å². The average molecular weight is 665 g/mol. The summed E-state index contributed by atoms with van der Waals surface area (Å²) in [6.45, 7) is 2.13. The molecule has 0 unspecified atom stereocenters. The number of rotatable bonds is 7. The molecule has 0 aliphatic heterocycles. The summed E-state index contributed by atoms with van der Waals surface area (Å²) in [6, 6.07) is 19.2. The summed E-state index contributed by atoms with van der Waals surface area (Å²) >= 11 is 4.27. The van der Waals surface area contributed by atoms with Crippen molar-refractivity contribution in [3.8, 4) is 11.8 Å². The molecule has 1 N–H and O–H groups in total. The van der Waals surface area contributed by atoms with E-state index in [-0.39, 0.29) is 17.9 Å². The van der Waals surface area contributed by atoms with Crippen molar-refractivity contribution in [3.63, 3.8) is 0 Å². The molecular formula is C24H17I2N3O4. The van der Waals surface area contributed by atoms with Crippen LogP contribution in [0.25, 0.3) is 6.08 Å². The van der Waals surface area contributed by atoms with E-state index in [1.165, 1.54) is 18.2 Å². The van der Waals surface area contributed by atoms with Gasteiger partial charge in [0.25, 0.3) is 11.6 Å². The molecule has 0 heterocycles. The van der Waals surface area contributed by atoms with Crippen LogP contribution in [0.1, 0.15) is 16.7 Å². The highest BCUT2D eigenvalue weighted by Gasteiger charge is 2.14. The van der Waals surface area contributed by atoms with Crippen LogP contribution in [0.3, 0.4) is 0 Å². The summed E-state index contributed by atoms with van der Waals surface area (Å²) in [7, 11) is 0. The molecule has 0 aliphatic carbocycles. The second-order valence-corrected chi connectivity index (χ2v) is 9.29. The van der Waals surface area contributed by atoms with Gasteiger partial charge in [0.05, 0.1) is 12.1 Å². The van der Waals surface area contributed by atoms with Crippen molar-refractivity contribution in [2.24, 2.45) is 0 Å². The molecule has 7 nitrogen and oxygen atoms in total.